The van der Waals surface area contributed by atoms with Crippen molar-refractivity contribution < 1.29 is 9.13 Å². The summed E-state index contributed by atoms with van der Waals surface area (Å²) >= 11 is 0. The molecule has 2 rings (SSSR count). The molecule has 0 saturated heterocycles. The fraction of sp³-hybridized carbons (Fsp3) is 0.231. The highest BCUT2D eigenvalue weighted by Crippen LogP contribution is 2.21. The largest absolute Gasteiger partial charge is 0.486 e. The first kappa shape index (κ1) is 9.97. The number of allylic oxidation sites excluding steroid dienone is 3. The minimum absolute atomic E-state index is 0.145. The van der Waals surface area contributed by atoms with Gasteiger partial charge in [-0.25, -0.2) is 4.39 Å². The normalized spacial score (nSPS) is 15.5. The molecule has 1 nitrogen and oxygen atoms in total. The Morgan fingerprint density at radius 3 is 2.73 bits per heavy atom. The standard InChI is InChI=1S/C13H13FO/c14-12-8-4-5-9-13(12)15-10-11-6-2-1-3-7-11/h1-3,5-7,9H,4,8,10H2. The lowest BCUT2D eigenvalue weighted by Gasteiger charge is -2.11. The summed E-state index contributed by atoms with van der Waals surface area (Å²) in [5.41, 5.74) is 1.05. The summed E-state index contributed by atoms with van der Waals surface area (Å²) in [6, 6.07) is 9.76. The average Bonchev–Trinajstić information content (AvgIpc) is 2.29. The zero-order valence-corrected chi connectivity index (χ0v) is 8.45. The Kier molecular flexibility index (Phi) is 3.18. The van der Waals surface area contributed by atoms with E-state index in [9.17, 15) is 4.39 Å². The number of benzene rings is 1. The van der Waals surface area contributed by atoms with Crippen LogP contribution in [0.15, 0.2) is 54.1 Å². The molecule has 0 amide bonds. The Balaban J connectivity index is 1.96. The maximum absolute atomic E-state index is 13.3. The van der Waals surface area contributed by atoms with Crippen LogP contribution in [0.4, 0.5) is 4.39 Å². The van der Waals surface area contributed by atoms with Gasteiger partial charge in [0.25, 0.3) is 0 Å². The van der Waals surface area contributed by atoms with Gasteiger partial charge in [0.05, 0.1) is 0 Å². The summed E-state index contributed by atoms with van der Waals surface area (Å²) in [6.45, 7) is 0.425. The Morgan fingerprint density at radius 2 is 2.00 bits per heavy atom. The van der Waals surface area contributed by atoms with Gasteiger partial charge in [-0.1, -0.05) is 36.4 Å². The molecule has 0 saturated carbocycles. The minimum atomic E-state index is -0.145. The zero-order chi connectivity index (χ0) is 10.5. The molecule has 0 unspecified atom stereocenters. The van der Waals surface area contributed by atoms with Crippen LogP contribution >= 0.6 is 0 Å². The molecule has 0 heterocycles. The third kappa shape index (κ3) is 2.69. The predicted molar refractivity (Wildman–Crippen MR) is 57.7 cm³/mol. The molecule has 1 aromatic carbocycles. The van der Waals surface area contributed by atoms with Gasteiger partial charge < -0.3 is 4.74 Å². The highest BCUT2D eigenvalue weighted by Gasteiger charge is 2.08. The van der Waals surface area contributed by atoms with Crippen molar-refractivity contribution in [3.8, 4) is 0 Å². The Labute approximate surface area is 88.9 Å². The predicted octanol–water partition coefficient (Wildman–Crippen LogP) is 3.73. The lowest BCUT2D eigenvalue weighted by molar-refractivity contribution is 0.197. The number of hydrogen-bond donors (Lipinski definition) is 0. The molecular weight excluding hydrogens is 191 g/mol. The molecular formula is C13H13FO. The molecule has 0 radical (unpaired) electrons. The van der Waals surface area contributed by atoms with E-state index in [0.717, 1.165) is 12.0 Å². The third-order valence-electron chi connectivity index (χ3n) is 2.30. The van der Waals surface area contributed by atoms with Gasteiger partial charge in [0.15, 0.2) is 5.76 Å². The van der Waals surface area contributed by atoms with Crippen molar-refractivity contribution in [3.05, 3.63) is 59.6 Å². The van der Waals surface area contributed by atoms with E-state index in [1.807, 2.05) is 36.4 Å². The van der Waals surface area contributed by atoms with E-state index >= 15 is 0 Å². The second-order valence-electron chi connectivity index (χ2n) is 3.48. The first-order valence-electron chi connectivity index (χ1n) is 5.08. The van der Waals surface area contributed by atoms with Crippen molar-refractivity contribution in [3.63, 3.8) is 0 Å². The van der Waals surface area contributed by atoms with Gasteiger partial charge in [-0.05, 0) is 18.1 Å². The average molecular weight is 204 g/mol. The van der Waals surface area contributed by atoms with Crippen LogP contribution in [-0.2, 0) is 11.3 Å². The summed E-state index contributed by atoms with van der Waals surface area (Å²) in [5, 5.41) is 0. The molecule has 1 aliphatic carbocycles. The van der Waals surface area contributed by atoms with Crippen molar-refractivity contribution in [1.82, 2.24) is 0 Å². The van der Waals surface area contributed by atoms with Crippen LogP contribution in [0.2, 0.25) is 0 Å². The van der Waals surface area contributed by atoms with Crippen LogP contribution in [0.25, 0.3) is 0 Å². The summed E-state index contributed by atoms with van der Waals surface area (Å²) in [5.74, 6) is 0.235. The number of rotatable bonds is 3. The van der Waals surface area contributed by atoms with Crippen molar-refractivity contribution in [1.29, 1.82) is 0 Å². The van der Waals surface area contributed by atoms with Gasteiger partial charge in [-0.3, -0.25) is 0 Å². The van der Waals surface area contributed by atoms with Crippen LogP contribution < -0.4 is 0 Å². The van der Waals surface area contributed by atoms with Gasteiger partial charge in [-0.2, -0.15) is 0 Å². The number of ether oxygens (including phenoxy) is 1. The van der Waals surface area contributed by atoms with Crippen molar-refractivity contribution in [2.45, 2.75) is 19.4 Å². The number of hydrogen-bond acceptors (Lipinski definition) is 1. The van der Waals surface area contributed by atoms with Gasteiger partial charge in [0.2, 0.25) is 0 Å². The molecule has 0 N–H and O–H groups in total. The maximum atomic E-state index is 13.3. The summed E-state index contributed by atoms with van der Waals surface area (Å²) < 4.78 is 18.7. The van der Waals surface area contributed by atoms with Crippen LogP contribution in [-0.4, -0.2) is 0 Å². The van der Waals surface area contributed by atoms with Crippen LogP contribution in [0.3, 0.4) is 0 Å². The first-order chi connectivity index (χ1) is 7.36. The Hall–Kier alpha value is -1.57. The van der Waals surface area contributed by atoms with E-state index in [2.05, 4.69) is 0 Å². The van der Waals surface area contributed by atoms with Crippen LogP contribution in [0.5, 0.6) is 0 Å². The summed E-state index contributed by atoms with van der Waals surface area (Å²) in [4.78, 5) is 0. The van der Waals surface area contributed by atoms with E-state index < -0.39 is 0 Å². The lowest BCUT2D eigenvalue weighted by Crippen LogP contribution is -1.97. The van der Waals surface area contributed by atoms with Gasteiger partial charge in [0, 0.05) is 6.42 Å². The monoisotopic (exact) mass is 204 g/mol. The van der Waals surface area contributed by atoms with E-state index in [1.165, 1.54) is 0 Å². The molecule has 0 aromatic heterocycles. The van der Waals surface area contributed by atoms with Crippen molar-refractivity contribution >= 4 is 0 Å². The van der Waals surface area contributed by atoms with E-state index in [0.29, 0.717) is 18.8 Å². The Bertz CT molecular complexity index is 379. The van der Waals surface area contributed by atoms with Crippen LogP contribution in [0.1, 0.15) is 18.4 Å². The number of halogens is 1. The molecule has 0 aliphatic heterocycles. The molecule has 1 aromatic rings. The van der Waals surface area contributed by atoms with Crippen molar-refractivity contribution in [2.24, 2.45) is 0 Å². The highest BCUT2D eigenvalue weighted by molar-refractivity contribution is 5.21. The molecule has 0 bridgehead atoms. The third-order valence-corrected chi connectivity index (χ3v) is 2.30. The van der Waals surface area contributed by atoms with Gasteiger partial charge >= 0.3 is 0 Å². The van der Waals surface area contributed by atoms with Crippen LogP contribution in [0, 0.1) is 0 Å². The zero-order valence-electron chi connectivity index (χ0n) is 8.45. The lowest BCUT2D eigenvalue weighted by atomic mass is 10.1. The SMILES string of the molecule is FC1=C(OCc2ccccc2)C=CCC1. The summed E-state index contributed by atoms with van der Waals surface area (Å²) in [6.07, 6.45) is 4.87. The molecule has 1 aliphatic rings. The van der Waals surface area contributed by atoms with E-state index in [4.69, 9.17) is 4.74 Å². The van der Waals surface area contributed by atoms with Gasteiger partial charge in [-0.15, -0.1) is 0 Å². The smallest absolute Gasteiger partial charge is 0.150 e. The topological polar surface area (TPSA) is 9.23 Å². The highest BCUT2D eigenvalue weighted by atomic mass is 19.1. The molecule has 15 heavy (non-hydrogen) atoms. The molecule has 0 atom stereocenters. The fourth-order valence-electron chi connectivity index (χ4n) is 1.48. The van der Waals surface area contributed by atoms with Gasteiger partial charge in [0.1, 0.15) is 12.4 Å². The second-order valence-corrected chi connectivity index (χ2v) is 3.48. The first-order valence-corrected chi connectivity index (χ1v) is 5.08. The second kappa shape index (κ2) is 4.78. The van der Waals surface area contributed by atoms with E-state index in [1.54, 1.807) is 6.08 Å². The van der Waals surface area contributed by atoms with Crippen molar-refractivity contribution in [2.75, 3.05) is 0 Å². The molecule has 2 heteroatoms. The van der Waals surface area contributed by atoms with E-state index in [-0.39, 0.29) is 5.83 Å². The minimum Gasteiger partial charge on any atom is -0.486 e. The molecule has 78 valence electrons. The quantitative estimate of drug-likeness (QED) is 0.728. The summed E-state index contributed by atoms with van der Waals surface area (Å²) in [7, 11) is 0. The fourth-order valence-corrected chi connectivity index (χ4v) is 1.48. The Morgan fingerprint density at radius 1 is 1.20 bits per heavy atom. The molecule has 0 spiro atoms. The molecule has 0 fully saturated rings. The maximum Gasteiger partial charge on any atom is 0.150 e.